The molecule has 4 aromatic rings. The molecular weight excluding hydrogens is 488 g/mol. The van der Waals surface area contributed by atoms with Gasteiger partial charge in [0.1, 0.15) is 0 Å². The summed E-state index contributed by atoms with van der Waals surface area (Å²) in [6.45, 7) is -0.00850. The summed E-state index contributed by atoms with van der Waals surface area (Å²) in [7, 11) is 0. The van der Waals surface area contributed by atoms with Crippen molar-refractivity contribution < 1.29 is 19.4 Å². The van der Waals surface area contributed by atoms with Crippen LogP contribution in [-0.2, 0) is 16.1 Å². The number of amides is 1. The van der Waals surface area contributed by atoms with Crippen LogP contribution in [0.15, 0.2) is 96.7 Å². The van der Waals surface area contributed by atoms with Crippen LogP contribution in [-0.4, -0.2) is 37.8 Å². The first-order valence-corrected chi connectivity index (χ1v) is 12.9. The Bertz CT molecular complexity index is 1310. The van der Waals surface area contributed by atoms with Crippen molar-refractivity contribution in [3.05, 3.63) is 114 Å². The highest BCUT2D eigenvalue weighted by atomic mass is 32.2. The summed E-state index contributed by atoms with van der Waals surface area (Å²) in [5.74, 6) is 0.418. The van der Waals surface area contributed by atoms with E-state index in [1.807, 2.05) is 48.5 Å². The van der Waals surface area contributed by atoms with Crippen molar-refractivity contribution in [2.24, 2.45) is 0 Å². The predicted octanol–water partition coefficient (Wildman–Crippen LogP) is 4.95. The maximum atomic E-state index is 12.6. The van der Waals surface area contributed by atoms with Crippen molar-refractivity contribution >= 4 is 23.4 Å². The van der Waals surface area contributed by atoms with Crippen LogP contribution in [0.2, 0.25) is 0 Å². The maximum Gasteiger partial charge on any atom is 0.257 e. The Labute approximate surface area is 219 Å². The Morgan fingerprint density at radius 3 is 2.57 bits per heavy atom. The van der Waals surface area contributed by atoms with Gasteiger partial charge in [0.2, 0.25) is 0 Å². The van der Waals surface area contributed by atoms with Crippen molar-refractivity contribution in [3.63, 3.8) is 0 Å². The van der Waals surface area contributed by atoms with Gasteiger partial charge in [-0.25, -0.2) is 9.97 Å². The molecule has 188 valence electrons. The zero-order valence-electron chi connectivity index (χ0n) is 19.9. The number of nitrogens with one attached hydrogen (secondary N) is 1. The number of benzene rings is 2. The number of ether oxygens (including phenoxy) is 2. The van der Waals surface area contributed by atoms with Gasteiger partial charge < -0.3 is 19.9 Å². The molecule has 5 rings (SSSR count). The van der Waals surface area contributed by atoms with Gasteiger partial charge in [-0.3, -0.25) is 9.78 Å². The van der Waals surface area contributed by atoms with Gasteiger partial charge in [-0.1, -0.05) is 48.2 Å². The molecule has 8 nitrogen and oxygen atoms in total. The molecule has 0 bridgehead atoms. The molecule has 0 saturated carbocycles. The quantitative estimate of drug-likeness (QED) is 0.251. The minimum atomic E-state index is -0.631. The average molecular weight is 515 g/mol. The number of aliphatic hydroxyl groups is 1. The lowest BCUT2D eigenvalue weighted by atomic mass is 10.0. The second-order valence-electron chi connectivity index (χ2n) is 8.51. The summed E-state index contributed by atoms with van der Waals surface area (Å²) in [6.07, 6.45) is 6.30. The van der Waals surface area contributed by atoms with Crippen LogP contribution in [0.25, 0.3) is 0 Å². The number of anilines is 1. The number of pyridine rings is 1. The summed E-state index contributed by atoms with van der Waals surface area (Å²) in [4.78, 5) is 25.2. The molecule has 2 aromatic carbocycles. The second-order valence-corrected chi connectivity index (χ2v) is 9.50. The molecule has 3 atom stereocenters. The fraction of sp³-hybridized carbons (Fsp3) is 0.214. The van der Waals surface area contributed by atoms with Crippen molar-refractivity contribution in [2.75, 3.05) is 11.1 Å². The molecule has 1 aliphatic heterocycles. The molecule has 3 heterocycles. The van der Waals surface area contributed by atoms with Crippen LogP contribution in [0.4, 0.5) is 5.69 Å². The van der Waals surface area contributed by atoms with E-state index in [1.165, 1.54) is 18.0 Å². The molecule has 1 saturated heterocycles. The zero-order valence-corrected chi connectivity index (χ0v) is 20.8. The lowest BCUT2D eigenvalue weighted by Gasteiger charge is -2.36. The molecule has 0 unspecified atom stereocenters. The summed E-state index contributed by atoms with van der Waals surface area (Å²) in [6, 6.07) is 20.5. The largest absolute Gasteiger partial charge is 0.392 e. The van der Waals surface area contributed by atoms with E-state index in [2.05, 4.69) is 20.3 Å². The number of rotatable bonds is 8. The Kier molecular flexibility index (Phi) is 8.17. The van der Waals surface area contributed by atoms with Gasteiger partial charge in [0.05, 0.1) is 24.4 Å². The molecule has 1 amide bonds. The molecule has 37 heavy (non-hydrogen) atoms. The van der Waals surface area contributed by atoms with Crippen molar-refractivity contribution in [2.45, 2.75) is 36.7 Å². The maximum absolute atomic E-state index is 12.6. The van der Waals surface area contributed by atoms with Crippen LogP contribution in [0.3, 0.4) is 0 Å². The fourth-order valence-corrected chi connectivity index (χ4v) is 4.83. The highest BCUT2D eigenvalue weighted by Crippen LogP contribution is 2.39. The standard InChI is InChI=1S/C28H26N4O4S/c33-17-19-7-9-20(10-8-19)25-15-24(18-37-28-30-12-3-13-31-28)35-27(36-25)21-4-1-6-23(14-21)32-26(34)22-5-2-11-29-16-22/h1-14,16,24-25,27,33H,15,17-18H2,(H,32,34)/t24-,25+,27+/m0/s1. The molecule has 2 aromatic heterocycles. The van der Waals surface area contributed by atoms with E-state index in [0.717, 1.165) is 16.7 Å². The summed E-state index contributed by atoms with van der Waals surface area (Å²) in [5, 5.41) is 13.0. The first kappa shape index (κ1) is 25.0. The Morgan fingerprint density at radius 1 is 0.973 bits per heavy atom. The zero-order chi connectivity index (χ0) is 25.5. The van der Waals surface area contributed by atoms with Gasteiger partial charge in [0, 0.05) is 48.2 Å². The normalized spacial score (nSPS) is 19.3. The fourth-order valence-electron chi connectivity index (χ4n) is 4.01. The smallest absolute Gasteiger partial charge is 0.257 e. The van der Waals surface area contributed by atoms with Gasteiger partial charge in [-0.05, 0) is 41.5 Å². The number of aliphatic hydroxyl groups excluding tert-OH is 1. The van der Waals surface area contributed by atoms with Gasteiger partial charge in [-0.2, -0.15) is 0 Å². The topological polar surface area (TPSA) is 106 Å². The van der Waals surface area contributed by atoms with E-state index in [-0.39, 0.29) is 24.7 Å². The summed E-state index contributed by atoms with van der Waals surface area (Å²) in [5.41, 5.74) is 3.77. The third-order valence-corrected chi connectivity index (χ3v) is 6.90. The number of carbonyl (C=O) groups is 1. The molecule has 1 fully saturated rings. The van der Waals surface area contributed by atoms with Crippen LogP contribution in [0.1, 0.15) is 45.9 Å². The number of thioether (sulfide) groups is 1. The molecule has 2 N–H and O–H groups in total. The molecule has 0 radical (unpaired) electrons. The van der Waals surface area contributed by atoms with Crippen LogP contribution in [0.5, 0.6) is 0 Å². The molecule has 0 aliphatic carbocycles. The predicted molar refractivity (Wildman–Crippen MR) is 140 cm³/mol. The highest BCUT2D eigenvalue weighted by molar-refractivity contribution is 7.99. The van der Waals surface area contributed by atoms with Crippen molar-refractivity contribution in [1.82, 2.24) is 15.0 Å². The highest BCUT2D eigenvalue weighted by Gasteiger charge is 2.32. The third-order valence-electron chi connectivity index (χ3n) is 5.90. The first-order valence-electron chi connectivity index (χ1n) is 11.9. The van der Waals surface area contributed by atoms with Crippen molar-refractivity contribution in [1.29, 1.82) is 0 Å². The minimum Gasteiger partial charge on any atom is -0.392 e. The SMILES string of the molecule is O=C(Nc1cccc([C@@H]2O[C@H](CSc3ncccn3)C[C@H](c3ccc(CO)cc3)O2)c1)c1cccnc1. The summed E-state index contributed by atoms with van der Waals surface area (Å²) < 4.78 is 12.8. The van der Waals surface area contributed by atoms with E-state index in [1.54, 1.807) is 36.8 Å². The van der Waals surface area contributed by atoms with E-state index < -0.39 is 6.29 Å². The van der Waals surface area contributed by atoms with Gasteiger partial charge >= 0.3 is 0 Å². The van der Waals surface area contributed by atoms with Gasteiger partial charge in [0.15, 0.2) is 11.4 Å². The monoisotopic (exact) mass is 514 g/mol. The Morgan fingerprint density at radius 2 is 1.81 bits per heavy atom. The molecular formula is C28H26N4O4S. The van der Waals surface area contributed by atoms with E-state index in [0.29, 0.717) is 28.6 Å². The number of aromatic nitrogens is 3. The van der Waals surface area contributed by atoms with Gasteiger partial charge in [-0.15, -0.1) is 0 Å². The van der Waals surface area contributed by atoms with Crippen LogP contribution >= 0.6 is 11.8 Å². The molecule has 0 spiro atoms. The van der Waals surface area contributed by atoms with Gasteiger partial charge in [0.25, 0.3) is 5.91 Å². The summed E-state index contributed by atoms with van der Waals surface area (Å²) >= 11 is 1.54. The lowest BCUT2D eigenvalue weighted by molar-refractivity contribution is -0.245. The van der Waals surface area contributed by atoms with Crippen LogP contribution in [0, 0.1) is 0 Å². The Hall–Kier alpha value is -3.63. The van der Waals surface area contributed by atoms with Crippen molar-refractivity contribution in [3.8, 4) is 0 Å². The molecule has 1 aliphatic rings. The average Bonchev–Trinajstić information content (AvgIpc) is 2.97. The van der Waals surface area contributed by atoms with E-state index in [4.69, 9.17) is 9.47 Å². The van der Waals surface area contributed by atoms with Crippen LogP contribution < -0.4 is 5.32 Å². The minimum absolute atomic E-state index is 0.00850. The molecule has 9 heteroatoms. The number of nitrogens with zero attached hydrogens (tertiary/aromatic N) is 3. The van der Waals surface area contributed by atoms with E-state index in [9.17, 15) is 9.90 Å². The number of carbonyl (C=O) groups excluding carboxylic acids is 1. The number of hydrogen-bond donors (Lipinski definition) is 2. The first-order chi connectivity index (χ1) is 18.2. The second kappa shape index (κ2) is 12.1. The lowest BCUT2D eigenvalue weighted by Crippen LogP contribution is -2.31. The third kappa shape index (κ3) is 6.58. The number of hydrogen-bond acceptors (Lipinski definition) is 8. The van der Waals surface area contributed by atoms with E-state index >= 15 is 0 Å². The Balaban J connectivity index is 1.35.